The van der Waals surface area contributed by atoms with Gasteiger partial charge in [0.25, 0.3) is 5.56 Å². The minimum absolute atomic E-state index is 0.0794. The molecule has 0 bridgehead atoms. The van der Waals surface area contributed by atoms with Crippen LogP contribution in [0.3, 0.4) is 0 Å². The van der Waals surface area contributed by atoms with Crippen molar-refractivity contribution in [1.82, 2.24) is 9.55 Å². The second-order valence-corrected chi connectivity index (χ2v) is 4.33. The summed E-state index contributed by atoms with van der Waals surface area (Å²) in [6, 6.07) is -0.0794. The third-order valence-corrected chi connectivity index (χ3v) is 2.60. The third-order valence-electron chi connectivity index (χ3n) is 2.60. The van der Waals surface area contributed by atoms with E-state index in [-0.39, 0.29) is 17.1 Å². The van der Waals surface area contributed by atoms with Gasteiger partial charge in [-0.05, 0) is 20.8 Å². The Kier molecular flexibility index (Phi) is 3.14. The van der Waals surface area contributed by atoms with Gasteiger partial charge < -0.3 is 15.6 Å². The minimum Gasteiger partial charge on any atom is -0.359 e. The van der Waals surface area contributed by atoms with Crippen molar-refractivity contribution >= 4 is 5.82 Å². The Labute approximate surface area is 89.3 Å². The minimum atomic E-state index is -0.361. The number of nitrogens with two attached hydrogens (primary N) is 1. The number of aromatic nitrogens is 2. The molecule has 1 aromatic heterocycles. The van der Waals surface area contributed by atoms with E-state index in [1.165, 1.54) is 4.57 Å². The molecular weight excluding hydrogens is 192 g/mol. The quantitative estimate of drug-likeness (QED) is 0.753. The fraction of sp³-hybridized carbons (Fsp3) is 0.600. The van der Waals surface area contributed by atoms with Gasteiger partial charge in [0.2, 0.25) is 0 Å². The van der Waals surface area contributed by atoms with Crippen molar-refractivity contribution in [3.63, 3.8) is 0 Å². The molecule has 0 fully saturated rings. The van der Waals surface area contributed by atoms with Crippen LogP contribution in [0.4, 0.5) is 5.82 Å². The second kappa shape index (κ2) is 4.02. The highest BCUT2D eigenvalue weighted by atomic mass is 16.1. The van der Waals surface area contributed by atoms with Crippen molar-refractivity contribution in [3.05, 3.63) is 22.7 Å². The standard InChI is InChI=1S/C10H18N4O/c1-7(11)10(2,3)13-8-9(15)14(4)6-5-12-8/h5-7H,11H2,1-4H3,(H,12,13). The Hall–Kier alpha value is -1.36. The van der Waals surface area contributed by atoms with Gasteiger partial charge in [-0.3, -0.25) is 4.79 Å². The molecule has 1 atom stereocenters. The molecule has 0 radical (unpaired) electrons. The highest BCUT2D eigenvalue weighted by molar-refractivity contribution is 5.34. The molecule has 0 saturated carbocycles. The van der Waals surface area contributed by atoms with Gasteiger partial charge in [0.1, 0.15) is 0 Å². The molecular formula is C10H18N4O. The average molecular weight is 210 g/mol. The summed E-state index contributed by atoms with van der Waals surface area (Å²) < 4.78 is 1.48. The van der Waals surface area contributed by atoms with Crippen molar-refractivity contribution in [2.45, 2.75) is 32.4 Å². The average Bonchev–Trinajstić information content (AvgIpc) is 2.12. The van der Waals surface area contributed by atoms with Crippen LogP contribution in [-0.2, 0) is 7.05 Å². The predicted octanol–water partition coefficient (Wildman–Crippen LogP) is 0.318. The zero-order valence-electron chi connectivity index (χ0n) is 9.61. The fourth-order valence-corrected chi connectivity index (χ4v) is 1.00. The lowest BCUT2D eigenvalue weighted by Crippen LogP contribution is -2.48. The maximum absolute atomic E-state index is 11.7. The number of nitrogens with zero attached hydrogens (tertiary/aromatic N) is 2. The van der Waals surface area contributed by atoms with Crippen molar-refractivity contribution in [2.24, 2.45) is 12.8 Å². The van der Waals surface area contributed by atoms with E-state index < -0.39 is 0 Å². The second-order valence-electron chi connectivity index (χ2n) is 4.33. The first kappa shape index (κ1) is 11.7. The van der Waals surface area contributed by atoms with Crippen LogP contribution in [0.2, 0.25) is 0 Å². The molecule has 0 spiro atoms. The van der Waals surface area contributed by atoms with E-state index in [4.69, 9.17) is 5.73 Å². The van der Waals surface area contributed by atoms with E-state index >= 15 is 0 Å². The number of hydrogen-bond donors (Lipinski definition) is 2. The fourth-order valence-electron chi connectivity index (χ4n) is 1.00. The van der Waals surface area contributed by atoms with Gasteiger partial charge in [0.05, 0.1) is 0 Å². The topological polar surface area (TPSA) is 72.9 Å². The Morgan fingerprint density at radius 2 is 2.20 bits per heavy atom. The number of hydrogen-bond acceptors (Lipinski definition) is 4. The molecule has 1 aromatic rings. The molecule has 15 heavy (non-hydrogen) atoms. The summed E-state index contributed by atoms with van der Waals surface area (Å²) in [5.74, 6) is 0.335. The van der Waals surface area contributed by atoms with Crippen LogP contribution in [0.5, 0.6) is 0 Å². The number of anilines is 1. The molecule has 5 nitrogen and oxygen atoms in total. The molecule has 0 aromatic carbocycles. The van der Waals surface area contributed by atoms with Crippen molar-refractivity contribution < 1.29 is 0 Å². The van der Waals surface area contributed by atoms with Crippen molar-refractivity contribution in [3.8, 4) is 0 Å². The van der Waals surface area contributed by atoms with Gasteiger partial charge in [0, 0.05) is 31.0 Å². The molecule has 0 amide bonds. The lowest BCUT2D eigenvalue weighted by Gasteiger charge is -2.30. The molecule has 1 heterocycles. The summed E-state index contributed by atoms with van der Waals surface area (Å²) >= 11 is 0. The SMILES string of the molecule is CC(N)C(C)(C)Nc1nccn(C)c1=O. The largest absolute Gasteiger partial charge is 0.359 e. The van der Waals surface area contributed by atoms with Crippen LogP contribution in [0.15, 0.2) is 17.2 Å². The third kappa shape index (κ3) is 2.56. The molecule has 5 heteroatoms. The molecule has 0 aliphatic rings. The first-order valence-corrected chi connectivity index (χ1v) is 4.90. The Morgan fingerprint density at radius 1 is 1.60 bits per heavy atom. The number of nitrogens with one attached hydrogen (secondary N) is 1. The van der Waals surface area contributed by atoms with Gasteiger partial charge >= 0.3 is 0 Å². The van der Waals surface area contributed by atoms with Crippen LogP contribution < -0.4 is 16.6 Å². The summed E-state index contributed by atoms with van der Waals surface area (Å²) in [6.07, 6.45) is 3.20. The molecule has 0 aliphatic carbocycles. The Balaban J connectivity index is 3.00. The van der Waals surface area contributed by atoms with E-state index in [2.05, 4.69) is 10.3 Å². The van der Waals surface area contributed by atoms with Crippen LogP contribution >= 0.6 is 0 Å². The maximum Gasteiger partial charge on any atom is 0.293 e. The number of rotatable bonds is 3. The molecule has 3 N–H and O–H groups in total. The van der Waals surface area contributed by atoms with Crippen LogP contribution in [-0.4, -0.2) is 21.1 Å². The van der Waals surface area contributed by atoms with Crippen LogP contribution in [0.25, 0.3) is 0 Å². The maximum atomic E-state index is 11.7. The van der Waals surface area contributed by atoms with Crippen LogP contribution in [0, 0.1) is 0 Å². The number of aryl methyl sites for hydroxylation is 1. The predicted molar refractivity (Wildman–Crippen MR) is 60.8 cm³/mol. The van der Waals surface area contributed by atoms with Gasteiger partial charge in [-0.1, -0.05) is 0 Å². The summed E-state index contributed by atoms with van der Waals surface area (Å²) in [5, 5.41) is 3.06. The lowest BCUT2D eigenvalue weighted by atomic mass is 9.97. The summed E-state index contributed by atoms with van der Waals surface area (Å²) in [6.45, 7) is 5.76. The smallest absolute Gasteiger partial charge is 0.293 e. The van der Waals surface area contributed by atoms with Gasteiger partial charge in [0.15, 0.2) is 5.82 Å². The van der Waals surface area contributed by atoms with E-state index in [0.29, 0.717) is 5.82 Å². The molecule has 1 unspecified atom stereocenters. The van der Waals surface area contributed by atoms with Gasteiger partial charge in [-0.15, -0.1) is 0 Å². The molecule has 0 saturated heterocycles. The zero-order valence-corrected chi connectivity index (χ0v) is 9.61. The summed E-state index contributed by atoms with van der Waals surface area (Å²) in [5.41, 5.74) is 5.30. The normalized spacial score (nSPS) is 13.7. The monoisotopic (exact) mass is 210 g/mol. The Morgan fingerprint density at radius 3 is 2.73 bits per heavy atom. The van der Waals surface area contributed by atoms with Crippen molar-refractivity contribution in [1.29, 1.82) is 0 Å². The highest BCUT2D eigenvalue weighted by Crippen LogP contribution is 2.11. The van der Waals surface area contributed by atoms with E-state index in [1.54, 1.807) is 19.4 Å². The van der Waals surface area contributed by atoms with E-state index in [9.17, 15) is 4.79 Å². The highest BCUT2D eigenvalue weighted by Gasteiger charge is 2.24. The Bertz CT molecular complexity index is 395. The molecule has 0 aliphatic heterocycles. The van der Waals surface area contributed by atoms with Crippen molar-refractivity contribution in [2.75, 3.05) is 5.32 Å². The zero-order chi connectivity index (χ0) is 11.6. The van der Waals surface area contributed by atoms with Gasteiger partial charge in [-0.25, -0.2) is 4.98 Å². The van der Waals surface area contributed by atoms with E-state index in [1.807, 2.05) is 20.8 Å². The lowest BCUT2D eigenvalue weighted by molar-refractivity contribution is 0.468. The van der Waals surface area contributed by atoms with Gasteiger partial charge in [-0.2, -0.15) is 0 Å². The van der Waals surface area contributed by atoms with Crippen LogP contribution in [0.1, 0.15) is 20.8 Å². The summed E-state index contributed by atoms with van der Waals surface area (Å²) in [7, 11) is 1.69. The molecule has 84 valence electrons. The summed E-state index contributed by atoms with van der Waals surface area (Å²) in [4.78, 5) is 15.7. The first-order valence-electron chi connectivity index (χ1n) is 4.90. The van der Waals surface area contributed by atoms with E-state index in [0.717, 1.165) is 0 Å². The molecule has 1 rings (SSSR count). The first-order chi connectivity index (χ1) is 6.84.